The third-order valence-electron chi connectivity index (χ3n) is 6.11. The van der Waals surface area contributed by atoms with Gasteiger partial charge in [-0.15, -0.1) is 0 Å². The molecule has 1 amide bonds. The number of ether oxygens (including phenoxy) is 2. The molecule has 2 fully saturated rings. The summed E-state index contributed by atoms with van der Waals surface area (Å²) in [5.74, 6) is 1.05. The number of anilines is 2. The molecule has 3 aromatic heterocycles. The molecule has 0 spiro atoms. The normalized spacial score (nSPS) is 23.9. The van der Waals surface area contributed by atoms with Crippen LogP contribution in [0.25, 0.3) is 5.52 Å². The smallest absolute Gasteiger partial charge is 0.407 e. The van der Waals surface area contributed by atoms with E-state index < -0.39 is 18.4 Å². The molecule has 3 heterocycles. The SMILES string of the molecule is COCc1cc2c(Nc3cc(C4CC(F)C(OC(=O)NC5(C)CC5)C4)[nH]n3)nccn2n1. The zero-order valence-electron chi connectivity index (χ0n) is 18.0. The summed E-state index contributed by atoms with van der Waals surface area (Å²) in [5.41, 5.74) is 2.17. The highest BCUT2D eigenvalue weighted by molar-refractivity contribution is 5.72. The first-order valence-corrected chi connectivity index (χ1v) is 10.7. The zero-order chi connectivity index (χ0) is 22.3. The molecule has 170 valence electrons. The van der Waals surface area contributed by atoms with Gasteiger partial charge in [-0.1, -0.05) is 0 Å². The third-order valence-corrected chi connectivity index (χ3v) is 6.11. The molecule has 10 nitrogen and oxygen atoms in total. The molecular weight excluding hydrogens is 417 g/mol. The van der Waals surface area contributed by atoms with Gasteiger partial charge in [0, 0.05) is 42.7 Å². The van der Waals surface area contributed by atoms with Gasteiger partial charge < -0.3 is 20.1 Å². The van der Waals surface area contributed by atoms with E-state index in [1.165, 1.54) is 0 Å². The lowest BCUT2D eigenvalue weighted by Gasteiger charge is -2.17. The lowest BCUT2D eigenvalue weighted by atomic mass is 10.0. The fraction of sp³-hybridized carbons (Fsp3) is 0.524. The number of methoxy groups -OCH3 is 1. The Balaban J connectivity index is 1.24. The number of amides is 1. The number of H-pyrrole nitrogens is 1. The third kappa shape index (κ3) is 4.24. The van der Waals surface area contributed by atoms with Crippen LogP contribution in [0.3, 0.4) is 0 Å². The van der Waals surface area contributed by atoms with E-state index in [4.69, 9.17) is 9.47 Å². The molecule has 2 aliphatic rings. The Hall–Kier alpha value is -3.21. The number of nitrogens with one attached hydrogen (secondary N) is 3. The number of alkyl halides is 1. The Morgan fingerprint density at radius 3 is 3.00 bits per heavy atom. The average molecular weight is 443 g/mol. The topological polar surface area (TPSA) is 118 Å². The van der Waals surface area contributed by atoms with Gasteiger partial charge in [-0.25, -0.2) is 18.7 Å². The van der Waals surface area contributed by atoms with Crippen molar-refractivity contribution in [3.8, 4) is 0 Å². The van der Waals surface area contributed by atoms with Crippen LogP contribution in [0.2, 0.25) is 0 Å². The average Bonchev–Trinajstić information content (AvgIpc) is 3.12. The molecule has 3 aromatic rings. The number of alkyl carbamates (subject to hydrolysis) is 1. The van der Waals surface area contributed by atoms with Crippen LogP contribution in [0.4, 0.5) is 20.8 Å². The molecule has 3 N–H and O–H groups in total. The van der Waals surface area contributed by atoms with Crippen LogP contribution >= 0.6 is 0 Å². The van der Waals surface area contributed by atoms with Crippen LogP contribution in [-0.4, -0.2) is 55.8 Å². The number of halogens is 1. The second-order valence-corrected chi connectivity index (χ2v) is 8.82. The number of hydrogen-bond acceptors (Lipinski definition) is 7. The highest BCUT2D eigenvalue weighted by Crippen LogP contribution is 2.39. The van der Waals surface area contributed by atoms with Crippen molar-refractivity contribution in [1.29, 1.82) is 0 Å². The van der Waals surface area contributed by atoms with E-state index in [0.29, 0.717) is 24.7 Å². The lowest BCUT2D eigenvalue weighted by molar-refractivity contribution is 0.0583. The first kappa shape index (κ1) is 20.7. The molecule has 0 saturated heterocycles. The molecule has 2 aliphatic carbocycles. The van der Waals surface area contributed by atoms with Gasteiger partial charge in [-0.05, 0) is 38.7 Å². The largest absolute Gasteiger partial charge is 0.443 e. The van der Waals surface area contributed by atoms with Crippen molar-refractivity contribution in [1.82, 2.24) is 30.1 Å². The minimum Gasteiger partial charge on any atom is -0.443 e. The minimum atomic E-state index is -1.21. The maximum atomic E-state index is 14.5. The second kappa shape index (κ2) is 8.05. The monoisotopic (exact) mass is 443 g/mol. The molecule has 2 saturated carbocycles. The Bertz CT molecular complexity index is 1130. The number of hydrogen-bond donors (Lipinski definition) is 3. The van der Waals surface area contributed by atoms with Gasteiger partial charge >= 0.3 is 6.09 Å². The Labute approximate surface area is 183 Å². The summed E-state index contributed by atoms with van der Waals surface area (Å²) in [5, 5.41) is 17.7. The summed E-state index contributed by atoms with van der Waals surface area (Å²) in [4.78, 5) is 16.4. The van der Waals surface area contributed by atoms with E-state index in [0.717, 1.165) is 29.7 Å². The van der Waals surface area contributed by atoms with Gasteiger partial charge in [0.05, 0.1) is 12.3 Å². The molecule has 3 unspecified atom stereocenters. The van der Waals surface area contributed by atoms with E-state index in [9.17, 15) is 9.18 Å². The first-order chi connectivity index (χ1) is 15.4. The fourth-order valence-electron chi connectivity index (χ4n) is 4.07. The summed E-state index contributed by atoms with van der Waals surface area (Å²) in [6.07, 6.45) is 3.42. The van der Waals surface area contributed by atoms with Crippen molar-refractivity contribution in [2.24, 2.45) is 0 Å². The van der Waals surface area contributed by atoms with Gasteiger partial charge in [-0.2, -0.15) is 10.2 Å². The fourth-order valence-corrected chi connectivity index (χ4v) is 4.07. The van der Waals surface area contributed by atoms with E-state index >= 15 is 0 Å². The van der Waals surface area contributed by atoms with Gasteiger partial charge in [0.15, 0.2) is 11.6 Å². The van der Waals surface area contributed by atoms with Crippen LogP contribution in [0, 0.1) is 0 Å². The number of carbonyl (C=O) groups excluding carboxylic acids is 1. The number of rotatable bonds is 7. The quantitative estimate of drug-likeness (QED) is 0.513. The molecular formula is C21H26FN7O3. The number of fused-ring (bicyclic) bond motifs is 1. The van der Waals surface area contributed by atoms with Gasteiger partial charge in [0.1, 0.15) is 17.8 Å². The summed E-state index contributed by atoms with van der Waals surface area (Å²) in [6, 6.07) is 3.73. The highest BCUT2D eigenvalue weighted by Gasteiger charge is 2.42. The Morgan fingerprint density at radius 2 is 2.22 bits per heavy atom. The first-order valence-electron chi connectivity index (χ1n) is 10.7. The van der Waals surface area contributed by atoms with Crippen LogP contribution in [0.5, 0.6) is 0 Å². The van der Waals surface area contributed by atoms with E-state index in [2.05, 4.69) is 30.9 Å². The summed E-state index contributed by atoms with van der Waals surface area (Å²) in [6.45, 7) is 2.36. The molecule has 0 aromatic carbocycles. The van der Waals surface area contributed by atoms with Crippen molar-refractivity contribution >= 4 is 23.2 Å². The standard InChI is InChI=1S/C21H26FN7O3/c1-21(3-4-21)25-20(30)32-17-8-12(7-14(17)22)15-10-18(27-26-15)24-19-16-9-13(11-31-2)28-29(16)6-5-23-19/h5-6,9-10,12,14,17H,3-4,7-8,11H2,1-2H3,(H,25,30)(H2,23,24,26,27). The van der Waals surface area contributed by atoms with Crippen LogP contribution in [0.15, 0.2) is 24.5 Å². The second-order valence-electron chi connectivity index (χ2n) is 8.82. The van der Waals surface area contributed by atoms with Gasteiger partial charge in [0.25, 0.3) is 0 Å². The molecule has 32 heavy (non-hydrogen) atoms. The molecule has 3 atom stereocenters. The molecule has 11 heteroatoms. The lowest BCUT2D eigenvalue weighted by Crippen LogP contribution is -2.38. The number of nitrogens with zero attached hydrogens (tertiary/aromatic N) is 4. The molecule has 0 aliphatic heterocycles. The van der Waals surface area contributed by atoms with E-state index in [1.54, 1.807) is 24.0 Å². The van der Waals surface area contributed by atoms with Gasteiger partial charge in [0.2, 0.25) is 0 Å². The van der Waals surface area contributed by atoms with Crippen molar-refractivity contribution in [2.75, 3.05) is 12.4 Å². The summed E-state index contributed by atoms with van der Waals surface area (Å²) >= 11 is 0. The number of carbonyl (C=O) groups is 1. The maximum absolute atomic E-state index is 14.5. The van der Waals surface area contributed by atoms with Crippen LogP contribution in [0.1, 0.15) is 49.9 Å². The van der Waals surface area contributed by atoms with Crippen molar-refractivity contribution < 1.29 is 18.7 Å². The zero-order valence-corrected chi connectivity index (χ0v) is 18.0. The van der Waals surface area contributed by atoms with E-state index in [1.807, 2.05) is 19.1 Å². The van der Waals surface area contributed by atoms with Gasteiger partial charge in [-0.3, -0.25) is 5.10 Å². The van der Waals surface area contributed by atoms with Crippen LogP contribution < -0.4 is 10.6 Å². The maximum Gasteiger partial charge on any atom is 0.407 e. The van der Waals surface area contributed by atoms with Crippen LogP contribution in [-0.2, 0) is 16.1 Å². The Morgan fingerprint density at radius 1 is 1.38 bits per heavy atom. The summed E-state index contributed by atoms with van der Waals surface area (Å²) < 4.78 is 26.8. The number of aromatic nitrogens is 5. The molecule has 5 rings (SSSR count). The predicted molar refractivity (Wildman–Crippen MR) is 113 cm³/mol. The number of aromatic amines is 1. The minimum absolute atomic E-state index is 0.116. The predicted octanol–water partition coefficient (Wildman–Crippen LogP) is 3.21. The Kier molecular flexibility index (Phi) is 5.20. The highest BCUT2D eigenvalue weighted by atomic mass is 19.1. The van der Waals surface area contributed by atoms with Crippen molar-refractivity contribution in [3.63, 3.8) is 0 Å². The van der Waals surface area contributed by atoms with E-state index in [-0.39, 0.29) is 17.9 Å². The summed E-state index contributed by atoms with van der Waals surface area (Å²) in [7, 11) is 1.62. The van der Waals surface area contributed by atoms with Crippen molar-refractivity contribution in [3.05, 3.63) is 35.9 Å². The van der Waals surface area contributed by atoms with Crippen molar-refractivity contribution in [2.45, 2.75) is 62.9 Å². The molecule has 0 radical (unpaired) electrons. The molecule has 0 bridgehead atoms.